The summed E-state index contributed by atoms with van der Waals surface area (Å²) in [4.78, 5) is 16.0. The number of imidazole rings is 2. The van der Waals surface area contributed by atoms with Crippen molar-refractivity contribution in [1.82, 2.24) is 30.1 Å². The first kappa shape index (κ1) is 17.4. The Kier molecular flexibility index (Phi) is 3.34. The summed E-state index contributed by atoms with van der Waals surface area (Å²) in [6, 6.07) is 12.9. The van der Waals surface area contributed by atoms with Gasteiger partial charge < -0.3 is 14.7 Å². The largest absolute Gasteiger partial charge is 0.486 e. The van der Waals surface area contributed by atoms with Crippen molar-refractivity contribution in [2.75, 3.05) is 0 Å². The zero-order valence-electron chi connectivity index (χ0n) is 17.5. The summed E-state index contributed by atoms with van der Waals surface area (Å²) in [5.41, 5.74) is 7.23. The second kappa shape index (κ2) is 6.13. The summed E-state index contributed by atoms with van der Waals surface area (Å²) in [5.74, 6) is 2.66. The van der Waals surface area contributed by atoms with Gasteiger partial charge in [0.05, 0.1) is 29.1 Å². The Labute approximate surface area is 182 Å². The Morgan fingerprint density at radius 2 is 1.56 bits per heavy atom. The molecule has 0 radical (unpaired) electrons. The van der Waals surface area contributed by atoms with E-state index in [1.165, 1.54) is 0 Å². The SMILES string of the molecule is Cc1nc2c([nH]1)-c1ccc(-c3ccc4c(c3)c3cnncc3c3nc(C)[nH]c43)cc1OC2. The van der Waals surface area contributed by atoms with E-state index in [1.807, 2.05) is 20.0 Å². The average molecular weight is 418 g/mol. The van der Waals surface area contributed by atoms with Crippen LogP contribution >= 0.6 is 0 Å². The minimum atomic E-state index is 0.480. The number of benzene rings is 3. The first-order valence-electron chi connectivity index (χ1n) is 10.5. The molecule has 0 spiro atoms. The number of rotatable bonds is 1. The second-order valence-corrected chi connectivity index (χ2v) is 8.27. The molecule has 3 aromatic carbocycles. The van der Waals surface area contributed by atoms with Gasteiger partial charge in [-0.2, -0.15) is 10.2 Å². The number of aryl methyl sites for hydroxylation is 2. The van der Waals surface area contributed by atoms with Crippen LogP contribution in [0.15, 0.2) is 48.8 Å². The number of nitrogens with one attached hydrogen (secondary N) is 2. The Morgan fingerprint density at radius 1 is 0.781 bits per heavy atom. The van der Waals surface area contributed by atoms with Crippen LogP contribution in [0.5, 0.6) is 5.75 Å². The number of ether oxygens (including phenoxy) is 1. The fourth-order valence-electron chi connectivity index (χ4n) is 4.81. The number of aromatic nitrogens is 6. The molecule has 0 bridgehead atoms. The lowest BCUT2D eigenvalue weighted by Crippen LogP contribution is -2.05. The van der Waals surface area contributed by atoms with E-state index in [0.29, 0.717) is 6.61 Å². The fraction of sp³-hybridized carbons (Fsp3) is 0.120. The average Bonchev–Trinajstić information content (AvgIpc) is 3.40. The van der Waals surface area contributed by atoms with Crippen LogP contribution in [0.1, 0.15) is 17.3 Å². The van der Waals surface area contributed by atoms with E-state index in [4.69, 9.17) is 9.72 Å². The van der Waals surface area contributed by atoms with E-state index in [1.54, 1.807) is 6.20 Å². The van der Waals surface area contributed by atoms with Crippen LogP contribution in [0.2, 0.25) is 0 Å². The van der Waals surface area contributed by atoms with Crippen LogP contribution in [0.25, 0.3) is 55.0 Å². The van der Waals surface area contributed by atoms with Crippen LogP contribution in [0.4, 0.5) is 0 Å². The number of fused-ring (bicyclic) bond motifs is 9. The lowest BCUT2D eigenvalue weighted by Gasteiger charge is -2.18. The molecule has 0 amide bonds. The molecular formula is C25H18N6O. The quantitative estimate of drug-likeness (QED) is 0.357. The number of hydrogen-bond donors (Lipinski definition) is 2. The molecule has 154 valence electrons. The molecule has 32 heavy (non-hydrogen) atoms. The normalized spacial score (nSPS) is 12.8. The van der Waals surface area contributed by atoms with Crippen molar-refractivity contribution in [2.45, 2.75) is 20.5 Å². The van der Waals surface area contributed by atoms with Crippen molar-refractivity contribution in [2.24, 2.45) is 0 Å². The van der Waals surface area contributed by atoms with Crippen molar-refractivity contribution in [3.05, 3.63) is 66.1 Å². The Balaban J connectivity index is 1.45. The van der Waals surface area contributed by atoms with Gasteiger partial charge in [0.15, 0.2) is 0 Å². The minimum Gasteiger partial charge on any atom is -0.486 e. The molecule has 7 rings (SSSR count). The predicted molar refractivity (Wildman–Crippen MR) is 124 cm³/mol. The van der Waals surface area contributed by atoms with Crippen molar-refractivity contribution in [3.63, 3.8) is 0 Å². The van der Waals surface area contributed by atoms with Gasteiger partial charge in [-0.3, -0.25) is 0 Å². The third-order valence-corrected chi connectivity index (χ3v) is 6.23. The standard InChI is InChI=1S/C25H18N6O/c1-12-28-21-11-32-22-8-15(4-6-17(22)23(21)29-12)14-3-5-16-18(7-14)19-9-26-27-10-20(19)25-24(16)30-13(2)31-25/h3-10H,11H2,1-2H3,(H,28,29)(H,30,31). The van der Waals surface area contributed by atoms with Crippen molar-refractivity contribution < 1.29 is 4.74 Å². The number of H-pyrrole nitrogens is 2. The fourth-order valence-corrected chi connectivity index (χ4v) is 4.81. The third kappa shape index (κ3) is 2.36. The maximum Gasteiger partial charge on any atom is 0.132 e. The Morgan fingerprint density at radius 3 is 2.47 bits per heavy atom. The highest BCUT2D eigenvalue weighted by Crippen LogP contribution is 2.40. The van der Waals surface area contributed by atoms with Gasteiger partial charge in [0, 0.05) is 21.7 Å². The van der Waals surface area contributed by atoms with Gasteiger partial charge in [-0.05, 0) is 48.6 Å². The molecule has 0 unspecified atom stereocenters. The van der Waals surface area contributed by atoms with Gasteiger partial charge in [0.1, 0.15) is 29.7 Å². The molecule has 0 saturated carbocycles. The van der Waals surface area contributed by atoms with E-state index in [2.05, 4.69) is 61.5 Å². The highest BCUT2D eigenvalue weighted by atomic mass is 16.5. The van der Waals surface area contributed by atoms with E-state index < -0.39 is 0 Å². The van der Waals surface area contributed by atoms with Gasteiger partial charge in [0.25, 0.3) is 0 Å². The lowest BCUT2D eigenvalue weighted by molar-refractivity contribution is 0.298. The van der Waals surface area contributed by atoms with Crippen LogP contribution in [0.3, 0.4) is 0 Å². The smallest absolute Gasteiger partial charge is 0.132 e. The highest BCUT2D eigenvalue weighted by molar-refractivity contribution is 6.23. The topological polar surface area (TPSA) is 92.4 Å². The molecule has 6 aromatic rings. The monoisotopic (exact) mass is 418 g/mol. The predicted octanol–water partition coefficient (Wildman–Crippen LogP) is 5.23. The molecule has 1 aliphatic heterocycles. The molecule has 2 N–H and O–H groups in total. The maximum absolute atomic E-state index is 6.03. The first-order valence-corrected chi connectivity index (χ1v) is 10.5. The number of nitrogens with zero attached hydrogens (tertiary/aromatic N) is 4. The molecule has 1 aliphatic rings. The highest BCUT2D eigenvalue weighted by Gasteiger charge is 2.21. The lowest BCUT2D eigenvalue weighted by atomic mass is 9.95. The van der Waals surface area contributed by atoms with Crippen molar-refractivity contribution in [3.8, 4) is 28.1 Å². The van der Waals surface area contributed by atoms with Crippen molar-refractivity contribution in [1.29, 1.82) is 0 Å². The summed E-state index contributed by atoms with van der Waals surface area (Å²) in [6.45, 7) is 4.42. The van der Waals surface area contributed by atoms with E-state index in [-0.39, 0.29) is 0 Å². The Hall–Kier alpha value is -4.26. The molecule has 0 aliphatic carbocycles. The van der Waals surface area contributed by atoms with E-state index >= 15 is 0 Å². The minimum absolute atomic E-state index is 0.480. The molecule has 7 nitrogen and oxygen atoms in total. The summed E-state index contributed by atoms with van der Waals surface area (Å²) in [7, 11) is 0. The summed E-state index contributed by atoms with van der Waals surface area (Å²) < 4.78 is 6.03. The Bertz CT molecular complexity index is 1710. The number of aromatic amines is 2. The molecular weight excluding hydrogens is 400 g/mol. The number of hydrogen-bond acceptors (Lipinski definition) is 5. The molecule has 4 heterocycles. The molecule has 7 heteroatoms. The van der Waals surface area contributed by atoms with E-state index in [9.17, 15) is 0 Å². The van der Waals surface area contributed by atoms with Gasteiger partial charge >= 0.3 is 0 Å². The van der Waals surface area contributed by atoms with Gasteiger partial charge in [-0.25, -0.2) is 9.97 Å². The van der Waals surface area contributed by atoms with Gasteiger partial charge in [-0.1, -0.05) is 18.2 Å². The van der Waals surface area contributed by atoms with E-state index in [0.717, 1.165) is 78.1 Å². The zero-order valence-corrected chi connectivity index (χ0v) is 17.5. The molecule has 0 saturated heterocycles. The van der Waals surface area contributed by atoms with Gasteiger partial charge in [-0.15, -0.1) is 0 Å². The molecule has 3 aromatic heterocycles. The zero-order chi connectivity index (χ0) is 21.4. The summed E-state index contributed by atoms with van der Waals surface area (Å²) in [5, 5.41) is 12.5. The third-order valence-electron chi connectivity index (χ3n) is 6.23. The van der Waals surface area contributed by atoms with Gasteiger partial charge in [0.2, 0.25) is 0 Å². The van der Waals surface area contributed by atoms with Crippen LogP contribution in [0, 0.1) is 13.8 Å². The van der Waals surface area contributed by atoms with Crippen LogP contribution < -0.4 is 4.74 Å². The van der Waals surface area contributed by atoms with Crippen molar-refractivity contribution >= 4 is 32.6 Å². The summed E-state index contributed by atoms with van der Waals surface area (Å²) >= 11 is 0. The summed E-state index contributed by atoms with van der Waals surface area (Å²) in [6.07, 6.45) is 3.61. The first-order chi connectivity index (χ1) is 15.7. The molecule has 0 fully saturated rings. The van der Waals surface area contributed by atoms with Crippen LogP contribution in [-0.2, 0) is 6.61 Å². The van der Waals surface area contributed by atoms with Crippen LogP contribution in [-0.4, -0.2) is 30.1 Å². The maximum atomic E-state index is 6.03. The second-order valence-electron chi connectivity index (χ2n) is 8.27. The molecule has 0 atom stereocenters.